The Morgan fingerprint density at radius 2 is 2.24 bits per heavy atom. The van der Waals surface area contributed by atoms with Gasteiger partial charge in [0.1, 0.15) is 0 Å². The first-order chi connectivity index (χ1) is 7.49. The topological polar surface area (TPSA) is 119 Å². The fraction of sp³-hybridized carbons (Fsp3) is 0. The maximum absolute atomic E-state index is 10.9. The van der Waals surface area contributed by atoms with Crippen LogP contribution in [0.3, 0.4) is 0 Å². The van der Waals surface area contributed by atoms with Crippen molar-refractivity contribution in [2.75, 3.05) is 5.32 Å². The predicted octanol–water partition coefficient (Wildman–Crippen LogP) is -1.09. The molecule has 86 valence electrons. The van der Waals surface area contributed by atoms with E-state index in [-0.39, 0.29) is 42.4 Å². The molecule has 1 atom stereocenters. The quantitative estimate of drug-likeness (QED) is 0.311. The molecule has 0 fully saturated rings. The first-order valence-electron chi connectivity index (χ1n) is 3.88. The van der Waals surface area contributed by atoms with E-state index in [2.05, 4.69) is 9.84 Å². The van der Waals surface area contributed by atoms with Gasteiger partial charge >= 0.3 is 43.9 Å². The van der Waals surface area contributed by atoms with Gasteiger partial charge in [0.05, 0.1) is 10.6 Å². The van der Waals surface area contributed by atoms with Crippen LogP contribution in [0.25, 0.3) is 0 Å². The number of hydrogen-bond acceptors (Lipinski definition) is 5. The Bertz CT molecular complexity index is 459. The molecule has 0 aliphatic carbocycles. The molecule has 1 amide bonds. The number of anilines is 1. The van der Waals surface area contributed by atoms with E-state index >= 15 is 0 Å². The van der Waals surface area contributed by atoms with Crippen LogP contribution in [-0.2, 0) is 9.09 Å². The molecule has 17 heavy (non-hydrogen) atoms. The van der Waals surface area contributed by atoms with Crippen molar-refractivity contribution in [2.45, 2.75) is 0 Å². The van der Waals surface area contributed by atoms with E-state index in [0.29, 0.717) is 0 Å². The van der Waals surface area contributed by atoms with Crippen LogP contribution in [-0.4, -0.2) is 15.9 Å². The van der Waals surface area contributed by atoms with Gasteiger partial charge in [-0.05, 0) is 6.07 Å². The third kappa shape index (κ3) is 5.71. The van der Waals surface area contributed by atoms with E-state index in [4.69, 9.17) is 4.89 Å². The van der Waals surface area contributed by atoms with Crippen LogP contribution < -0.4 is 34.9 Å². The molecular formula is C7H7N2NaO6P+. The SMILES string of the molecule is O=C(Nc1cccc([N+](=O)[O-])c1)O[P+](=O)O.[H-].[Na+]. The van der Waals surface area contributed by atoms with Crippen LogP contribution >= 0.6 is 8.25 Å². The summed E-state index contributed by atoms with van der Waals surface area (Å²) in [5.74, 6) is 0. The molecule has 0 heterocycles. The summed E-state index contributed by atoms with van der Waals surface area (Å²) in [6, 6.07) is 5.06. The molecule has 0 aliphatic rings. The molecule has 1 rings (SSSR count). The molecular weight excluding hydrogens is 262 g/mol. The van der Waals surface area contributed by atoms with Gasteiger partial charge in [-0.15, -0.1) is 4.89 Å². The Hall–Kier alpha value is -1.05. The number of carbonyl (C=O) groups excluding carboxylic acids is 1. The summed E-state index contributed by atoms with van der Waals surface area (Å²) in [4.78, 5) is 28.9. The summed E-state index contributed by atoms with van der Waals surface area (Å²) >= 11 is 0. The summed E-state index contributed by atoms with van der Waals surface area (Å²) in [6.07, 6.45) is -1.16. The van der Waals surface area contributed by atoms with Crippen molar-refractivity contribution in [1.82, 2.24) is 0 Å². The first-order valence-corrected chi connectivity index (χ1v) is 5.01. The van der Waals surface area contributed by atoms with Crippen molar-refractivity contribution in [3.8, 4) is 0 Å². The van der Waals surface area contributed by atoms with Crippen molar-refractivity contribution < 1.29 is 54.7 Å². The minimum absolute atomic E-state index is 0. The van der Waals surface area contributed by atoms with Gasteiger partial charge < -0.3 is 1.43 Å². The summed E-state index contributed by atoms with van der Waals surface area (Å²) < 4.78 is 14.0. The van der Waals surface area contributed by atoms with Crippen LogP contribution in [0.2, 0.25) is 0 Å². The van der Waals surface area contributed by atoms with Gasteiger partial charge in [0, 0.05) is 16.7 Å². The summed E-state index contributed by atoms with van der Waals surface area (Å²) in [6.45, 7) is 0. The smallest absolute Gasteiger partial charge is 1.00 e. The van der Waals surface area contributed by atoms with Crippen LogP contribution in [0.5, 0.6) is 0 Å². The van der Waals surface area contributed by atoms with Crippen molar-refractivity contribution in [3.05, 3.63) is 34.4 Å². The fourth-order valence-corrected chi connectivity index (χ4v) is 1.10. The standard InChI is InChI=1S/C7H5N2O6P.Na.H/c10-7(15-16(13)14)8-5-2-1-3-6(4-5)9(11)12;;/h1-4H,(H-,8,10,13,14);;/q;+1;-1/p+1. The number of nitro groups is 1. The summed E-state index contributed by atoms with van der Waals surface area (Å²) in [7, 11) is -3.05. The van der Waals surface area contributed by atoms with Gasteiger partial charge in [-0.2, -0.15) is 4.52 Å². The second-order valence-electron chi connectivity index (χ2n) is 2.55. The molecule has 8 nitrogen and oxygen atoms in total. The normalized spacial score (nSPS) is 9.82. The maximum atomic E-state index is 10.9. The largest absolute Gasteiger partial charge is 1.00 e. The van der Waals surface area contributed by atoms with Gasteiger partial charge in [-0.3, -0.25) is 15.4 Å². The molecule has 0 bridgehead atoms. The summed E-state index contributed by atoms with van der Waals surface area (Å²) in [5.41, 5.74) is -0.123. The molecule has 0 aliphatic heterocycles. The Morgan fingerprint density at radius 3 is 2.76 bits per heavy atom. The number of nitrogens with one attached hydrogen (secondary N) is 1. The van der Waals surface area contributed by atoms with Gasteiger partial charge in [0.25, 0.3) is 5.69 Å². The molecule has 0 aromatic heterocycles. The zero-order chi connectivity index (χ0) is 12.1. The number of hydrogen-bond donors (Lipinski definition) is 2. The molecule has 2 N–H and O–H groups in total. The number of non-ortho nitro benzene ring substituents is 1. The van der Waals surface area contributed by atoms with E-state index in [1.807, 2.05) is 0 Å². The second-order valence-corrected chi connectivity index (χ2v) is 3.21. The van der Waals surface area contributed by atoms with Crippen LogP contribution in [0.15, 0.2) is 24.3 Å². The average Bonchev–Trinajstić information content (AvgIpc) is 2.16. The molecule has 0 radical (unpaired) electrons. The van der Waals surface area contributed by atoms with E-state index in [0.717, 1.165) is 6.07 Å². The van der Waals surface area contributed by atoms with Gasteiger partial charge in [-0.25, -0.2) is 4.79 Å². The number of nitrogens with zero attached hydrogens (tertiary/aromatic N) is 1. The fourth-order valence-electron chi connectivity index (χ4n) is 0.909. The van der Waals surface area contributed by atoms with Gasteiger partial charge in [-0.1, -0.05) is 6.07 Å². The van der Waals surface area contributed by atoms with E-state index in [1.54, 1.807) is 0 Å². The van der Waals surface area contributed by atoms with Gasteiger partial charge in [0.15, 0.2) is 0 Å². The van der Waals surface area contributed by atoms with Crippen molar-refractivity contribution in [3.63, 3.8) is 0 Å². The summed E-state index contributed by atoms with van der Waals surface area (Å²) in [5, 5.41) is 12.5. The molecule has 0 saturated carbocycles. The number of carbonyl (C=O) groups is 1. The molecule has 10 heteroatoms. The third-order valence-corrected chi connectivity index (χ3v) is 1.79. The predicted molar refractivity (Wildman–Crippen MR) is 54.1 cm³/mol. The molecule has 1 unspecified atom stereocenters. The minimum atomic E-state index is -3.05. The molecule has 0 spiro atoms. The van der Waals surface area contributed by atoms with E-state index in [1.165, 1.54) is 18.2 Å². The Balaban J connectivity index is 0. The monoisotopic (exact) mass is 269 g/mol. The molecule has 0 saturated heterocycles. The van der Waals surface area contributed by atoms with Crippen LogP contribution in [0.1, 0.15) is 1.43 Å². The minimum Gasteiger partial charge on any atom is -1.00 e. The Morgan fingerprint density at radius 1 is 1.59 bits per heavy atom. The Labute approximate surface area is 120 Å². The average molecular weight is 269 g/mol. The number of benzene rings is 1. The number of rotatable bonds is 3. The van der Waals surface area contributed by atoms with Crippen molar-refractivity contribution in [1.29, 1.82) is 0 Å². The van der Waals surface area contributed by atoms with Crippen molar-refractivity contribution >= 4 is 25.7 Å². The maximum Gasteiger partial charge on any atom is 1.00 e. The number of amides is 1. The second kappa shape index (κ2) is 7.31. The Kier molecular flexibility index (Phi) is 6.86. The zero-order valence-corrected chi connectivity index (χ0v) is 11.6. The van der Waals surface area contributed by atoms with Crippen LogP contribution in [0, 0.1) is 10.1 Å². The molecule has 1 aromatic rings. The van der Waals surface area contributed by atoms with E-state index in [9.17, 15) is 19.5 Å². The number of nitro benzene ring substituents is 1. The van der Waals surface area contributed by atoms with E-state index < -0.39 is 19.3 Å². The van der Waals surface area contributed by atoms with Crippen molar-refractivity contribution in [2.24, 2.45) is 0 Å². The third-order valence-electron chi connectivity index (χ3n) is 1.46. The molecule has 1 aromatic carbocycles. The zero-order valence-electron chi connectivity index (χ0n) is 9.69. The van der Waals surface area contributed by atoms with Crippen LogP contribution in [0.4, 0.5) is 16.2 Å². The first kappa shape index (κ1) is 16.0. The van der Waals surface area contributed by atoms with Gasteiger partial charge in [0.2, 0.25) is 0 Å².